The minimum absolute atomic E-state index is 0.0354. The normalized spacial score (nSPS) is 28.8. The minimum atomic E-state index is -0.705. The number of aromatic nitrogens is 2. The first-order chi connectivity index (χ1) is 14.6. The Morgan fingerprint density at radius 3 is 2.97 bits per heavy atom. The van der Waals surface area contributed by atoms with Crippen molar-refractivity contribution in [2.45, 2.75) is 18.2 Å². The number of hydrogen-bond acceptors (Lipinski definition) is 5. The number of aromatic amines is 1. The molecule has 3 aliphatic rings. The smallest absolute Gasteiger partial charge is 0.230 e. The Labute approximate surface area is 174 Å². The number of amides is 2. The Bertz CT molecular complexity index is 961. The topological polar surface area (TPSA) is 87.8 Å². The zero-order chi connectivity index (χ0) is 20.7. The van der Waals surface area contributed by atoms with Crippen LogP contribution in [-0.2, 0) is 20.9 Å². The maximum absolute atomic E-state index is 13.2. The van der Waals surface area contributed by atoms with E-state index in [2.05, 4.69) is 10.2 Å². The standard InChI is InChI=1S/C22H24N4O4/c1-25(13-15-8-10-23-24-15)20(27)18-17-7-9-22(30-17)14-26(21(28)19(18)22)11-12-29-16-5-3-2-4-6-16/h2-10,17-19H,11-14H2,1H3,(H,23,24)/t17-,18+,19-,22-/m0/s1. The highest BCUT2D eigenvalue weighted by atomic mass is 16.5. The van der Waals surface area contributed by atoms with Crippen molar-refractivity contribution in [2.24, 2.45) is 11.8 Å². The third-order valence-electron chi connectivity index (χ3n) is 6.18. The molecule has 1 aromatic heterocycles. The van der Waals surface area contributed by atoms with Crippen molar-refractivity contribution in [2.75, 3.05) is 26.7 Å². The average Bonchev–Trinajstić information content (AvgIpc) is 3.51. The van der Waals surface area contributed by atoms with Crippen molar-refractivity contribution >= 4 is 11.8 Å². The maximum Gasteiger partial charge on any atom is 0.230 e. The number of benzene rings is 1. The summed E-state index contributed by atoms with van der Waals surface area (Å²) in [6, 6.07) is 11.4. The maximum atomic E-state index is 13.2. The molecule has 0 radical (unpaired) electrons. The number of likely N-dealkylation sites (tertiary alicyclic amines) is 1. The number of H-pyrrole nitrogens is 1. The van der Waals surface area contributed by atoms with Crippen molar-refractivity contribution in [3.05, 3.63) is 60.4 Å². The highest BCUT2D eigenvalue weighted by molar-refractivity contribution is 5.93. The summed E-state index contributed by atoms with van der Waals surface area (Å²) in [5.74, 6) is -0.335. The van der Waals surface area contributed by atoms with Gasteiger partial charge < -0.3 is 19.3 Å². The number of fused-ring (bicyclic) bond motifs is 1. The van der Waals surface area contributed by atoms with E-state index in [1.807, 2.05) is 48.6 Å². The number of hydrogen-bond donors (Lipinski definition) is 1. The van der Waals surface area contributed by atoms with Gasteiger partial charge in [0.1, 0.15) is 18.0 Å². The van der Waals surface area contributed by atoms with Gasteiger partial charge in [-0.2, -0.15) is 5.10 Å². The van der Waals surface area contributed by atoms with Crippen LogP contribution in [-0.4, -0.2) is 70.3 Å². The first-order valence-corrected chi connectivity index (χ1v) is 10.1. The second kappa shape index (κ2) is 7.28. The molecule has 4 atom stereocenters. The van der Waals surface area contributed by atoms with Crippen LogP contribution in [0.5, 0.6) is 5.75 Å². The van der Waals surface area contributed by atoms with Crippen molar-refractivity contribution < 1.29 is 19.1 Å². The molecule has 2 aromatic rings. The lowest BCUT2D eigenvalue weighted by atomic mass is 9.76. The van der Waals surface area contributed by atoms with Crippen LogP contribution < -0.4 is 4.74 Å². The molecule has 30 heavy (non-hydrogen) atoms. The molecule has 156 valence electrons. The molecule has 2 amide bonds. The first kappa shape index (κ1) is 18.9. The Kier molecular flexibility index (Phi) is 4.58. The van der Waals surface area contributed by atoms with E-state index < -0.39 is 17.4 Å². The monoisotopic (exact) mass is 408 g/mol. The average molecular weight is 408 g/mol. The fourth-order valence-electron chi connectivity index (χ4n) is 4.80. The summed E-state index contributed by atoms with van der Waals surface area (Å²) in [5, 5.41) is 6.79. The zero-order valence-electron chi connectivity index (χ0n) is 16.7. The summed E-state index contributed by atoms with van der Waals surface area (Å²) >= 11 is 0. The van der Waals surface area contributed by atoms with Gasteiger partial charge in [-0.1, -0.05) is 30.4 Å². The molecule has 2 fully saturated rings. The summed E-state index contributed by atoms with van der Waals surface area (Å²) in [7, 11) is 1.75. The van der Waals surface area contributed by atoms with E-state index in [1.165, 1.54) is 0 Å². The number of rotatable bonds is 7. The number of carbonyl (C=O) groups is 2. The molecule has 1 N–H and O–H groups in total. The molecule has 4 heterocycles. The van der Waals surface area contributed by atoms with E-state index in [0.717, 1.165) is 11.4 Å². The summed E-state index contributed by atoms with van der Waals surface area (Å²) in [5.41, 5.74) is 0.140. The molecule has 0 unspecified atom stereocenters. The van der Waals surface area contributed by atoms with Crippen molar-refractivity contribution in [3.63, 3.8) is 0 Å². The largest absolute Gasteiger partial charge is 0.492 e. The predicted octanol–water partition coefficient (Wildman–Crippen LogP) is 1.23. The Morgan fingerprint density at radius 1 is 1.37 bits per heavy atom. The van der Waals surface area contributed by atoms with Crippen molar-refractivity contribution in [1.82, 2.24) is 20.0 Å². The van der Waals surface area contributed by atoms with Gasteiger partial charge in [0.25, 0.3) is 0 Å². The molecule has 1 spiro atoms. The van der Waals surface area contributed by atoms with Gasteiger partial charge in [0.2, 0.25) is 11.8 Å². The highest BCUT2D eigenvalue weighted by Gasteiger charge is 2.67. The van der Waals surface area contributed by atoms with Gasteiger partial charge >= 0.3 is 0 Å². The fraction of sp³-hybridized carbons (Fsp3) is 0.409. The third-order valence-corrected chi connectivity index (χ3v) is 6.18. The van der Waals surface area contributed by atoms with Gasteiger partial charge in [-0.15, -0.1) is 0 Å². The fourth-order valence-corrected chi connectivity index (χ4v) is 4.80. The SMILES string of the molecule is CN(Cc1ccn[nH]1)C(=O)[C@@H]1[C@@H]2C=C[C@@]3(CN(CCOc4ccccc4)C(=O)[C@H]13)O2. The minimum Gasteiger partial charge on any atom is -0.492 e. The predicted molar refractivity (Wildman–Crippen MR) is 107 cm³/mol. The first-order valence-electron chi connectivity index (χ1n) is 10.1. The number of para-hydroxylation sites is 1. The summed E-state index contributed by atoms with van der Waals surface area (Å²) in [4.78, 5) is 29.9. The molecule has 3 aliphatic heterocycles. The van der Waals surface area contributed by atoms with Crippen LogP contribution in [0.3, 0.4) is 0 Å². The molecular formula is C22H24N4O4. The Morgan fingerprint density at radius 2 is 2.20 bits per heavy atom. The van der Waals surface area contributed by atoms with Crippen LogP contribution in [0.15, 0.2) is 54.7 Å². The lowest BCUT2D eigenvalue weighted by Crippen LogP contribution is -2.44. The van der Waals surface area contributed by atoms with E-state index in [4.69, 9.17) is 9.47 Å². The highest BCUT2D eigenvalue weighted by Crippen LogP contribution is 2.52. The van der Waals surface area contributed by atoms with Gasteiger partial charge in [-0.25, -0.2) is 0 Å². The van der Waals surface area contributed by atoms with Crippen molar-refractivity contribution in [3.8, 4) is 5.75 Å². The van der Waals surface area contributed by atoms with E-state index in [0.29, 0.717) is 26.2 Å². The molecule has 8 heteroatoms. The summed E-state index contributed by atoms with van der Waals surface area (Å²) < 4.78 is 11.9. The molecular weight excluding hydrogens is 384 g/mol. The van der Waals surface area contributed by atoms with Crippen LogP contribution >= 0.6 is 0 Å². The third kappa shape index (κ3) is 3.08. The molecule has 1 aromatic carbocycles. The van der Waals surface area contributed by atoms with Crippen molar-refractivity contribution in [1.29, 1.82) is 0 Å². The van der Waals surface area contributed by atoms with E-state index in [9.17, 15) is 9.59 Å². The van der Waals surface area contributed by atoms with Crippen LogP contribution in [0, 0.1) is 11.8 Å². The lowest BCUT2D eigenvalue weighted by molar-refractivity contribution is -0.142. The summed E-state index contributed by atoms with van der Waals surface area (Å²) in [6.07, 6.45) is 5.21. The molecule has 2 saturated heterocycles. The zero-order valence-corrected chi connectivity index (χ0v) is 16.7. The van der Waals surface area contributed by atoms with Crippen LogP contribution in [0.4, 0.5) is 0 Å². The Hall–Kier alpha value is -3.13. The lowest BCUT2D eigenvalue weighted by Gasteiger charge is -2.27. The van der Waals surface area contributed by atoms with Crippen LogP contribution in [0.1, 0.15) is 5.69 Å². The van der Waals surface area contributed by atoms with Gasteiger partial charge in [-0.05, 0) is 18.2 Å². The number of nitrogens with zero attached hydrogens (tertiary/aromatic N) is 3. The number of ether oxygens (including phenoxy) is 2. The van der Waals surface area contributed by atoms with Crippen LogP contribution in [0.25, 0.3) is 0 Å². The molecule has 2 bridgehead atoms. The second-order valence-corrected chi connectivity index (χ2v) is 8.10. The molecule has 8 nitrogen and oxygen atoms in total. The van der Waals surface area contributed by atoms with Gasteiger partial charge in [0.05, 0.1) is 43.3 Å². The second-order valence-electron chi connectivity index (χ2n) is 8.10. The number of nitrogens with one attached hydrogen (secondary N) is 1. The Balaban J connectivity index is 1.27. The number of carbonyl (C=O) groups excluding carboxylic acids is 2. The van der Waals surface area contributed by atoms with Gasteiger partial charge in [-0.3, -0.25) is 14.7 Å². The summed E-state index contributed by atoms with van der Waals surface area (Å²) in [6.45, 7) is 1.72. The van der Waals surface area contributed by atoms with E-state index in [-0.39, 0.29) is 17.9 Å². The molecule has 0 aliphatic carbocycles. The van der Waals surface area contributed by atoms with E-state index >= 15 is 0 Å². The molecule has 5 rings (SSSR count). The quantitative estimate of drug-likeness (QED) is 0.697. The molecule has 0 saturated carbocycles. The van der Waals surface area contributed by atoms with Gasteiger partial charge in [0, 0.05) is 13.2 Å². The van der Waals surface area contributed by atoms with E-state index in [1.54, 1.807) is 23.0 Å². The van der Waals surface area contributed by atoms with Gasteiger partial charge in [0.15, 0.2) is 0 Å². The van der Waals surface area contributed by atoms with Crippen LogP contribution in [0.2, 0.25) is 0 Å².